The van der Waals surface area contributed by atoms with E-state index in [1.165, 1.54) is 5.56 Å². The topological polar surface area (TPSA) is 84.0 Å². The summed E-state index contributed by atoms with van der Waals surface area (Å²) in [6.45, 7) is 7.63. The van der Waals surface area contributed by atoms with Crippen LogP contribution in [0.4, 0.5) is 0 Å². The Balaban J connectivity index is 0.00000729. The lowest BCUT2D eigenvalue weighted by molar-refractivity contribution is -0.128. The number of methoxy groups -OCH3 is 1. The second-order valence-electron chi connectivity index (χ2n) is 6.84. The van der Waals surface area contributed by atoms with Gasteiger partial charge in [0.1, 0.15) is 0 Å². The second kappa shape index (κ2) is 13.5. The highest BCUT2D eigenvalue weighted by Gasteiger charge is 2.26. The van der Waals surface area contributed by atoms with Crippen molar-refractivity contribution >= 4 is 35.8 Å². The van der Waals surface area contributed by atoms with E-state index in [0.29, 0.717) is 19.1 Å². The third-order valence-corrected chi connectivity index (χ3v) is 4.23. The highest BCUT2D eigenvalue weighted by atomic mass is 127. The lowest BCUT2D eigenvalue weighted by Crippen LogP contribution is -2.47. The molecule has 1 amide bonds. The normalized spacial score (nSPS) is 11.3. The number of ether oxygens (including phenoxy) is 2. The molecule has 0 aliphatic rings. The van der Waals surface area contributed by atoms with Gasteiger partial charge in [-0.15, -0.1) is 24.0 Å². The smallest absolute Gasteiger partial charge is 0.227 e. The minimum atomic E-state index is -0.509. The van der Waals surface area contributed by atoms with Crippen LogP contribution in [0, 0.1) is 5.41 Å². The molecule has 0 radical (unpaired) electrons. The molecule has 160 valence electrons. The number of hydrogen-bond donors (Lipinski definition) is 3. The van der Waals surface area contributed by atoms with Crippen LogP contribution in [-0.2, 0) is 11.2 Å². The van der Waals surface area contributed by atoms with Crippen molar-refractivity contribution in [3.63, 3.8) is 0 Å². The molecule has 1 aromatic carbocycles. The molecule has 1 rings (SSSR count). The van der Waals surface area contributed by atoms with E-state index < -0.39 is 5.41 Å². The van der Waals surface area contributed by atoms with Crippen molar-refractivity contribution in [3.8, 4) is 11.5 Å². The summed E-state index contributed by atoms with van der Waals surface area (Å²) in [6.07, 6.45) is 1.86. The van der Waals surface area contributed by atoms with Gasteiger partial charge in [0, 0.05) is 27.2 Å². The fourth-order valence-corrected chi connectivity index (χ4v) is 2.59. The van der Waals surface area contributed by atoms with Crippen LogP contribution >= 0.6 is 24.0 Å². The van der Waals surface area contributed by atoms with E-state index in [0.717, 1.165) is 30.9 Å². The number of benzene rings is 1. The minimum absolute atomic E-state index is 0. The van der Waals surface area contributed by atoms with Gasteiger partial charge in [0.05, 0.1) is 19.1 Å². The summed E-state index contributed by atoms with van der Waals surface area (Å²) in [5.41, 5.74) is 0.690. The van der Waals surface area contributed by atoms with E-state index in [1.807, 2.05) is 32.9 Å². The van der Waals surface area contributed by atoms with Crippen molar-refractivity contribution in [3.05, 3.63) is 23.8 Å². The van der Waals surface area contributed by atoms with Gasteiger partial charge in [0.15, 0.2) is 17.5 Å². The summed E-state index contributed by atoms with van der Waals surface area (Å²) in [5.74, 6) is 2.22. The summed E-state index contributed by atoms with van der Waals surface area (Å²) in [5, 5.41) is 9.17. The van der Waals surface area contributed by atoms with Crippen LogP contribution in [0.15, 0.2) is 23.2 Å². The molecule has 0 bridgehead atoms. The van der Waals surface area contributed by atoms with Crippen LogP contribution in [0.1, 0.15) is 32.8 Å². The first kappa shape index (κ1) is 26.3. The third-order valence-electron chi connectivity index (χ3n) is 4.23. The van der Waals surface area contributed by atoms with Gasteiger partial charge < -0.3 is 25.4 Å². The first-order valence-electron chi connectivity index (χ1n) is 9.34. The fourth-order valence-electron chi connectivity index (χ4n) is 2.59. The van der Waals surface area contributed by atoms with E-state index >= 15 is 0 Å². The molecule has 8 heteroatoms. The van der Waals surface area contributed by atoms with Crippen molar-refractivity contribution in [1.29, 1.82) is 0 Å². The molecule has 0 spiro atoms. The molecule has 0 aromatic heterocycles. The minimum Gasteiger partial charge on any atom is -0.493 e. The number of nitrogens with zero attached hydrogens (tertiary/aromatic N) is 1. The van der Waals surface area contributed by atoms with Gasteiger partial charge in [-0.05, 0) is 51.3 Å². The number of nitrogens with one attached hydrogen (secondary N) is 3. The maximum atomic E-state index is 11.8. The summed E-state index contributed by atoms with van der Waals surface area (Å²) < 4.78 is 10.9. The maximum absolute atomic E-state index is 11.8. The largest absolute Gasteiger partial charge is 0.493 e. The number of guanidine groups is 1. The summed E-state index contributed by atoms with van der Waals surface area (Å²) >= 11 is 0. The average molecular weight is 506 g/mol. The predicted octanol–water partition coefficient (Wildman–Crippen LogP) is 2.58. The van der Waals surface area contributed by atoms with Crippen molar-refractivity contribution in [2.75, 3.05) is 40.9 Å². The molecule has 0 unspecified atom stereocenters. The number of hydrogen-bond acceptors (Lipinski definition) is 4. The van der Waals surface area contributed by atoms with Crippen LogP contribution < -0.4 is 25.4 Å². The van der Waals surface area contributed by atoms with Crippen LogP contribution in [0.25, 0.3) is 0 Å². The Bertz CT molecular complexity index is 636. The van der Waals surface area contributed by atoms with Gasteiger partial charge in [-0.2, -0.15) is 0 Å². The highest BCUT2D eigenvalue weighted by Crippen LogP contribution is 2.28. The van der Waals surface area contributed by atoms with Crippen molar-refractivity contribution in [1.82, 2.24) is 16.0 Å². The summed E-state index contributed by atoms with van der Waals surface area (Å²) in [4.78, 5) is 16.0. The first-order valence-corrected chi connectivity index (χ1v) is 9.34. The molecule has 0 aliphatic carbocycles. The third kappa shape index (κ3) is 8.53. The van der Waals surface area contributed by atoms with Crippen molar-refractivity contribution in [2.24, 2.45) is 10.4 Å². The average Bonchev–Trinajstić information content (AvgIpc) is 2.67. The fraction of sp³-hybridized carbons (Fsp3) is 0.600. The van der Waals surface area contributed by atoms with Crippen molar-refractivity contribution < 1.29 is 14.3 Å². The van der Waals surface area contributed by atoms with Crippen LogP contribution in [0.3, 0.4) is 0 Å². The monoisotopic (exact) mass is 506 g/mol. The lowest BCUT2D eigenvalue weighted by Gasteiger charge is -2.24. The number of carbonyl (C=O) groups is 1. The standard InChI is InChI=1S/C20H34N4O3.HI/c1-7-27-17-13-15(10-11-16(17)26-6)9-8-12-23-19(22-5)24-14-20(2,3)18(25)21-4;/h10-11,13H,7-9,12,14H2,1-6H3,(H,21,25)(H2,22,23,24);1H. The van der Waals surface area contributed by atoms with Gasteiger partial charge in [0.2, 0.25) is 5.91 Å². The predicted molar refractivity (Wildman–Crippen MR) is 125 cm³/mol. The Labute approximate surface area is 186 Å². The molecule has 0 saturated heterocycles. The number of amides is 1. The Morgan fingerprint density at radius 3 is 2.50 bits per heavy atom. The Kier molecular flexibility index (Phi) is 12.6. The zero-order valence-corrected chi connectivity index (χ0v) is 20.2. The quantitative estimate of drug-likeness (QED) is 0.197. The Morgan fingerprint density at radius 2 is 1.93 bits per heavy atom. The zero-order valence-electron chi connectivity index (χ0n) is 17.8. The summed E-state index contributed by atoms with van der Waals surface area (Å²) in [6, 6.07) is 6.02. The molecule has 0 atom stereocenters. The van der Waals surface area contributed by atoms with E-state index in [1.54, 1.807) is 21.2 Å². The molecule has 0 fully saturated rings. The van der Waals surface area contributed by atoms with Gasteiger partial charge in [-0.1, -0.05) is 6.07 Å². The van der Waals surface area contributed by atoms with Crippen LogP contribution in [0.5, 0.6) is 11.5 Å². The SMILES string of the molecule is CCOc1cc(CCCNC(=NC)NCC(C)(C)C(=O)NC)ccc1OC.I. The molecule has 28 heavy (non-hydrogen) atoms. The molecular weight excluding hydrogens is 471 g/mol. The molecule has 0 aliphatic heterocycles. The zero-order chi connectivity index (χ0) is 20.3. The van der Waals surface area contributed by atoms with Gasteiger partial charge in [-0.3, -0.25) is 9.79 Å². The van der Waals surface area contributed by atoms with Crippen LogP contribution in [-0.4, -0.2) is 52.8 Å². The summed E-state index contributed by atoms with van der Waals surface area (Å²) in [7, 11) is 5.01. The van der Waals surface area contributed by atoms with Gasteiger partial charge in [0.25, 0.3) is 0 Å². The van der Waals surface area contributed by atoms with Gasteiger partial charge in [-0.25, -0.2) is 0 Å². The number of aryl methyl sites for hydroxylation is 1. The van der Waals surface area contributed by atoms with E-state index in [-0.39, 0.29) is 29.9 Å². The lowest BCUT2D eigenvalue weighted by atomic mass is 9.92. The molecule has 3 N–H and O–H groups in total. The maximum Gasteiger partial charge on any atom is 0.227 e. The molecule has 0 saturated carbocycles. The number of aliphatic imine (C=N–C) groups is 1. The van der Waals surface area contributed by atoms with E-state index in [9.17, 15) is 4.79 Å². The highest BCUT2D eigenvalue weighted by molar-refractivity contribution is 14.0. The molecule has 7 nitrogen and oxygen atoms in total. The number of rotatable bonds is 10. The first-order chi connectivity index (χ1) is 12.9. The number of carbonyl (C=O) groups excluding carboxylic acids is 1. The second-order valence-corrected chi connectivity index (χ2v) is 6.84. The number of halogens is 1. The molecule has 0 heterocycles. The molecule has 1 aromatic rings. The van der Waals surface area contributed by atoms with Crippen LogP contribution in [0.2, 0.25) is 0 Å². The Hall–Kier alpha value is -1.71. The van der Waals surface area contributed by atoms with Crippen molar-refractivity contribution in [2.45, 2.75) is 33.6 Å². The van der Waals surface area contributed by atoms with Gasteiger partial charge >= 0.3 is 0 Å². The Morgan fingerprint density at radius 1 is 1.21 bits per heavy atom. The molecular formula is C20H35IN4O3. The van der Waals surface area contributed by atoms with E-state index in [4.69, 9.17) is 9.47 Å². The van der Waals surface area contributed by atoms with E-state index in [2.05, 4.69) is 27.0 Å².